The number of rotatable bonds is 7. The van der Waals surface area contributed by atoms with E-state index in [4.69, 9.17) is 4.74 Å². The van der Waals surface area contributed by atoms with Gasteiger partial charge in [-0.15, -0.1) is 0 Å². The van der Waals surface area contributed by atoms with Crippen molar-refractivity contribution in [1.29, 1.82) is 0 Å². The second-order valence-electron chi connectivity index (χ2n) is 6.67. The van der Waals surface area contributed by atoms with Crippen LogP contribution in [-0.4, -0.2) is 67.2 Å². The second-order valence-corrected chi connectivity index (χ2v) is 6.67. The summed E-state index contributed by atoms with van der Waals surface area (Å²) < 4.78 is 5.28. The molecule has 0 atom stereocenters. The van der Waals surface area contributed by atoms with Crippen LogP contribution in [-0.2, 0) is 0 Å². The third-order valence-electron chi connectivity index (χ3n) is 4.81. The molecular formula is C20H27N5O2. The van der Waals surface area contributed by atoms with E-state index in [2.05, 4.69) is 25.1 Å². The topological polar surface area (TPSA) is 70.6 Å². The monoisotopic (exact) mass is 369 g/mol. The molecule has 0 bridgehead atoms. The van der Waals surface area contributed by atoms with Gasteiger partial charge in [-0.25, -0.2) is 9.97 Å². The highest BCUT2D eigenvalue weighted by atomic mass is 16.5. The molecule has 144 valence electrons. The van der Waals surface area contributed by atoms with Gasteiger partial charge in [0.05, 0.1) is 7.11 Å². The van der Waals surface area contributed by atoms with Crippen LogP contribution in [0.2, 0.25) is 0 Å². The third kappa shape index (κ3) is 5.17. The minimum Gasteiger partial charge on any atom is -0.496 e. The number of aromatic nitrogens is 2. The number of ether oxygens (including phenoxy) is 1. The van der Waals surface area contributed by atoms with Gasteiger partial charge in [0, 0.05) is 50.7 Å². The number of carbonyl (C=O) groups is 1. The average Bonchev–Trinajstić information content (AvgIpc) is 2.72. The van der Waals surface area contributed by atoms with Crippen molar-refractivity contribution >= 4 is 11.9 Å². The Morgan fingerprint density at radius 1 is 1.19 bits per heavy atom. The zero-order valence-electron chi connectivity index (χ0n) is 16.0. The maximum atomic E-state index is 12.3. The molecule has 1 aliphatic heterocycles. The van der Waals surface area contributed by atoms with Gasteiger partial charge in [0.15, 0.2) is 0 Å². The smallest absolute Gasteiger partial charge is 0.251 e. The summed E-state index contributed by atoms with van der Waals surface area (Å²) in [4.78, 5) is 25.5. The van der Waals surface area contributed by atoms with Crippen LogP contribution in [0, 0.1) is 6.92 Å². The minimum atomic E-state index is -0.0562. The van der Waals surface area contributed by atoms with Crippen LogP contribution in [0.3, 0.4) is 0 Å². The molecule has 1 amide bonds. The van der Waals surface area contributed by atoms with Gasteiger partial charge in [0.1, 0.15) is 5.75 Å². The number of piperazine rings is 1. The molecule has 2 aromatic rings. The first-order valence-electron chi connectivity index (χ1n) is 9.34. The number of methoxy groups -OCH3 is 1. The van der Waals surface area contributed by atoms with E-state index in [1.54, 1.807) is 25.6 Å². The Balaban J connectivity index is 1.37. The largest absolute Gasteiger partial charge is 0.496 e. The van der Waals surface area contributed by atoms with Crippen molar-refractivity contribution in [2.24, 2.45) is 0 Å². The number of amides is 1. The summed E-state index contributed by atoms with van der Waals surface area (Å²) in [7, 11) is 1.62. The minimum absolute atomic E-state index is 0.0562. The molecule has 1 N–H and O–H groups in total. The van der Waals surface area contributed by atoms with Crippen molar-refractivity contribution in [3.8, 4) is 5.75 Å². The summed E-state index contributed by atoms with van der Waals surface area (Å²) in [5, 5.41) is 2.99. The van der Waals surface area contributed by atoms with Crippen LogP contribution < -0.4 is 15.0 Å². The van der Waals surface area contributed by atoms with E-state index in [1.165, 1.54) is 0 Å². The molecule has 0 aliphatic carbocycles. The Labute approximate surface area is 160 Å². The highest BCUT2D eigenvalue weighted by Crippen LogP contribution is 2.18. The van der Waals surface area contributed by atoms with E-state index in [0.29, 0.717) is 12.1 Å². The Hall–Kier alpha value is -2.67. The zero-order valence-corrected chi connectivity index (χ0v) is 16.0. The molecule has 7 nitrogen and oxygen atoms in total. The van der Waals surface area contributed by atoms with E-state index in [-0.39, 0.29) is 5.91 Å². The van der Waals surface area contributed by atoms with Gasteiger partial charge in [-0.2, -0.15) is 0 Å². The number of nitrogens with zero attached hydrogens (tertiary/aromatic N) is 4. The van der Waals surface area contributed by atoms with Gasteiger partial charge in [0.25, 0.3) is 5.91 Å². The number of hydrogen-bond acceptors (Lipinski definition) is 6. The molecule has 2 heterocycles. The molecule has 0 spiro atoms. The average molecular weight is 369 g/mol. The summed E-state index contributed by atoms with van der Waals surface area (Å²) in [6.07, 6.45) is 4.48. The van der Waals surface area contributed by atoms with Gasteiger partial charge < -0.3 is 15.0 Å². The van der Waals surface area contributed by atoms with E-state index < -0.39 is 0 Å². The van der Waals surface area contributed by atoms with E-state index in [0.717, 1.165) is 56.4 Å². The van der Waals surface area contributed by atoms with Crippen LogP contribution >= 0.6 is 0 Å². The van der Waals surface area contributed by atoms with Crippen molar-refractivity contribution in [2.45, 2.75) is 13.3 Å². The van der Waals surface area contributed by atoms with Crippen molar-refractivity contribution in [3.63, 3.8) is 0 Å². The standard InChI is InChI=1S/C20H27N5O2/c1-16-5-6-17(15-18(16)27-2)19(26)21-9-4-10-24-11-13-25(14-12-24)20-22-7-3-8-23-20/h3,5-8,15H,4,9-14H2,1-2H3,(H,21,26). The molecule has 1 aromatic carbocycles. The number of benzene rings is 1. The van der Waals surface area contributed by atoms with E-state index >= 15 is 0 Å². The highest BCUT2D eigenvalue weighted by Gasteiger charge is 2.18. The molecule has 1 saturated heterocycles. The molecule has 1 fully saturated rings. The fraction of sp³-hybridized carbons (Fsp3) is 0.450. The number of nitrogens with one attached hydrogen (secondary N) is 1. The van der Waals surface area contributed by atoms with Crippen LogP contribution in [0.15, 0.2) is 36.7 Å². The van der Waals surface area contributed by atoms with Crippen LogP contribution in [0.25, 0.3) is 0 Å². The van der Waals surface area contributed by atoms with Crippen LogP contribution in [0.5, 0.6) is 5.75 Å². The van der Waals surface area contributed by atoms with Crippen LogP contribution in [0.1, 0.15) is 22.3 Å². The Bertz CT molecular complexity index is 745. The quantitative estimate of drug-likeness (QED) is 0.750. The van der Waals surface area contributed by atoms with Gasteiger partial charge in [0.2, 0.25) is 5.95 Å². The van der Waals surface area contributed by atoms with Gasteiger partial charge in [-0.05, 0) is 43.7 Å². The number of anilines is 1. The lowest BCUT2D eigenvalue weighted by molar-refractivity contribution is 0.0951. The number of carbonyl (C=O) groups excluding carboxylic acids is 1. The summed E-state index contributed by atoms with van der Waals surface area (Å²) in [6.45, 7) is 7.43. The maximum Gasteiger partial charge on any atom is 0.251 e. The first-order valence-corrected chi connectivity index (χ1v) is 9.34. The fourth-order valence-electron chi connectivity index (χ4n) is 3.19. The Morgan fingerprint density at radius 2 is 1.93 bits per heavy atom. The molecule has 7 heteroatoms. The summed E-state index contributed by atoms with van der Waals surface area (Å²) >= 11 is 0. The maximum absolute atomic E-state index is 12.3. The SMILES string of the molecule is COc1cc(C(=O)NCCCN2CCN(c3ncccn3)CC2)ccc1C. The predicted octanol–water partition coefficient (Wildman–Crippen LogP) is 1.74. The molecule has 1 aromatic heterocycles. The second kappa shape index (κ2) is 9.32. The van der Waals surface area contributed by atoms with Crippen molar-refractivity contribution in [2.75, 3.05) is 51.3 Å². The van der Waals surface area contributed by atoms with Crippen LogP contribution in [0.4, 0.5) is 5.95 Å². The zero-order chi connectivity index (χ0) is 19.1. The normalized spacial score (nSPS) is 14.8. The number of aryl methyl sites for hydroxylation is 1. The lowest BCUT2D eigenvalue weighted by Gasteiger charge is -2.34. The molecule has 3 rings (SSSR count). The van der Waals surface area contributed by atoms with Gasteiger partial charge in [-0.3, -0.25) is 9.69 Å². The predicted molar refractivity (Wildman–Crippen MR) is 105 cm³/mol. The lowest BCUT2D eigenvalue weighted by Crippen LogP contribution is -2.47. The molecule has 0 saturated carbocycles. The van der Waals surface area contributed by atoms with Gasteiger partial charge >= 0.3 is 0 Å². The van der Waals surface area contributed by atoms with Crippen molar-refractivity contribution in [1.82, 2.24) is 20.2 Å². The molecular weight excluding hydrogens is 342 g/mol. The summed E-state index contributed by atoms with van der Waals surface area (Å²) in [5.41, 5.74) is 1.66. The summed E-state index contributed by atoms with van der Waals surface area (Å²) in [5.74, 6) is 1.49. The van der Waals surface area contributed by atoms with Crippen molar-refractivity contribution < 1.29 is 9.53 Å². The van der Waals surface area contributed by atoms with Crippen molar-refractivity contribution in [3.05, 3.63) is 47.8 Å². The third-order valence-corrected chi connectivity index (χ3v) is 4.81. The molecule has 1 aliphatic rings. The first-order chi connectivity index (χ1) is 13.2. The fourth-order valence-corrected chi connectivity index (χ4v) is 3.19. The summed E-state index contributed by atoms with van der Waals surface area (Å²) in [6, 6.07) is 7.36. The van der Waals surface area contributed by atoms with Gasteiger partial charge in [-0.1, -0.05) is 6.07 Å². The lowest BCUT2D eigenvalue weighted by atomic mass is 10.1. The Kier molecular flexibility index (Phi) is 6.59. The van der Waals surface area contributed by atoms with E-state index in [1.807, 2.05) is 25.1 Å². The molecule has 0 radical (unpaired) electrons. The Morgan fingerprint density at radius 3 is 2.63 bits per heavy atom. The molecule has 0 unspecified atom stereocenters. The first kappa shape index (κ1) is 19.1. The van der Waals surface area contributed by atoms with E-state index in [9.17, 15) is 4.79 Å². The highest BCUT2D eigenvalue weighted by molar-refractivity contribution is 5.94. The molecule has 27 heavy (non-hydrogen) atoms. The number of hydrogen-bond donors (Lipinski definition) is 1.